The van der Waals surface area contributed by atoms with Gasteiger partial charge in [-0.15, -0.1) is 0 Å². The Hall–Kier alpha value is -3.67. The fourth-order valence-electron chi connectivity index (χ4n) is 3.24. The summed E-state index contributed by atoms with van der Waals surface area (Å²) in [4.78, 5) is 25.5. The largest absolute Gasteiger partial charge is 0.465 e. The van der Waals surface area contributed by atoms with Crippen molar-refractivity contribution in [2.75, 3.05) is 7.11 Å². The van der Waals surface area contributed by atoms with Gasteiger partial charge >= 0.3 is 5.97 Å². The van der Waals surface area contributed by atoms with Gasteiger partial charge < -0.3 is 9.30 Å². The van der Waals surface area contributed by atoms with Crippen LogP contribution in [-0.4, -0.2) is 27.4 Å². The van der Waals surface area contributed by atoms with Crippen LogP contribution in [0.3, 0.4) is 0 Å². The summed E-state index contributed by atoms with van der Waals surface area (Å²) in [5, 5.41) is 4.43. The SMILES string of the molecule is COC(=O)c1cn(-c2cccc(C)c2)cc2c(=O)n(-c3cccc(C)c3)nc1-2. The standard InChI is InChI=1S/C22H19N3O3/c1-14-6-4-8-16(10-14)24-12-18-20(19(13-24)22(27)28-3)23-25(21(18)26)17-9-5-7-15(2)11-17/h4-13H,1-3H3. The first kappa shape index (κ1) is 17.7. The van der Waals surface area contributed by atoms with Crippen LogP contribution in [0.15, 0.2) is 65.7 Å². The molecular weight excluding hydrogens is 354 g/mol. The van der Waals surface area contributed by atoms with Gasteiger partial charge in [0.15, 0.2) is 0 Å². The van der Waals surface area contributed by atoms with Crippen molar-refractivity contribution in [1.82, 2.24) is 14.3 Å². The maximum atomic E-state index is 13.1. The van der Waals surface area contributed by atoms with E-state index in [1.807, 2.05) is 62.4 Å². The summed E-state index contributed by atoms with van der Waals surface area (Å²) < 4.78 is 8.01. The monoisotopic (exact) mass is 373 g/mol. The van der Waals surface area contributed by atoms with Crippen LogP contribution in [0.25, 0.3) is 22.6 Å². The molecule has 2 heterocycles. The quantitative estimate of drug-likeness (QED) is 0.515. The van der Waals surface area contributed by atoms with Crippen molar-refractivity contribution in [3.05, 3.63) is 88.0 Å². The van der Waals surface area contributed by atoms with E-state index < -0.39 is 5.97 Å². The molecule has 6 heteroatoms. The average molecular weight is 373 g/mol. The number of carbonyl (C=O) groups excluding carboxylic acids is 1. The second-order valence-corrected chi connectivity index (χ2v) is 6.73. The van der Waals surface area contributed by atoms with Crippen molar-refractivity contribution in [1.29, 1.82) is 0 Å². The Morgan fingerprint density at radius 2 is 1.61 bits per heavy atom. The molecule has 2 aromatic carbocycles. The third-order valence-electron chi connectivity index (χ3n) is 4.62. The smallest absolute Gasteiger partial charge is 0.341 e. The van der Waals surface area contributed by atoms with Crippen molar-refractivity contribution in [3.63, 3.8) is 0 Å². The van der Waals surface area contributed by atoms with Crippen LogP contribution in [-0.2, 0) is 4.74 Å². The lowest BCUT2D eigenvalue weighted by atomic mass is 10.1. The lowest BCUT2D eigenvalue weighted by Crippen LogP contribution is -2.15. The molecule has 140 valence electrons. The number of carbonyl (C=O) groups is 1. The van der Waals surface area contributed by atoms with Gasteiger partial charge in [0.05, 0.1) is 18.4 Å². The highest BCUT2D eigenvalue weighted by Gasteiger charge is 2.25. The van der Waals surface area contributed by atoms with Crippen molar-refractivity contribution < 1.29 is 9.53 Å². The molecule has 28 heavy (non-hydrogen) atoms. The first-order chi connectivity index (χ1) is 13.5. The molecule has 0 aliphatic carbocycles. The summed E-state index contributed by atoms with van der Waals surface area (Å²) in [5.41, 5.74) is 4.21. The number of pyridine rings is 1. The molecule has 0 aromatic heterocycles. The molecule has 0 saturated heterocycles. The number of rotatable bonds is 3. The molecule has 0 atom stereocenters. The molecule has 2 aliphatic heterocycles. The number of methoxy groups -OCH3 is 1. The summed E-state index contributed by atoms with van der Waals surface area (Å²) in [5.74, 6) is -0.541. The van der Waals surface area contributed by atoms with Gasteiger partial charge in [-0.25, -0.2) is 4.79 Å². The molecule has 0 amide bonds. The zero-order chi connectivity index (χ0) is 19.8. The van der Waals surface area contributed by atoms with Crippen molar-refractivity contribution in [2.45, 2.75) is 13.8 Å². The van der Waals surface area contributed by atoms with E-state index in [9.17, 15) is 9.59 Å². The third kappa shape index (κ3) is 2.99. The first-order valence-corrected chi connectivity index (χ1v) is 8.85. The molecule has 0 bridgehead atoms. The molecule has 2 aliphatic rings. The molecular formula is C22H19N3O3. The Morgan fingerprint density at radius 1 is 0.964 bits per heavy atom. The Labute approximate surface area is 162 Å². The van der Waals surface area contributed by atoms with E-state index in [2.05, 4.69) is 5.10 Å². The van der Waals surface area contributed by atoms with E-state index in [0.29, 0.717) is 16.9 Å². The van der Waals surface area contributed by atoms with Crippen LogP contribution in [0.5, 0.6) is 0 Å². The lowest BCUT2D eigenvalue weighted by Gasteiger charge is -2.12. The van der Waals surface area contributed by atoms with E-state index in [4.69, 9.17) is 4.74 Å². The fourth-order valence-corrected chi connectivity index (χ4v) is 3.24. The number of esters is 1. The molecule has 0 saturated carbocycles. The molecule has 2 aromatic rings. The van der Waals surface area contributed by atoms with Crippen molar-refractivity contribution in [2.24, 2.45) is 0 Å². The van der Waals surface area contributed by atoms with Crippen LogP contribution >= 0.6 is 0 Å². The topological polar surface area (TPSA) is 66.1 Å². The van der Waals surface area contributed by atoms with Gasteiger partial charge in [-0.05, 0) is 49.2 Å². The van der Waals surface area contributed by atoms with Crippen LogP contribution in [0.4, 0.5) is 0 Å². The van der Waals surface area contributed by atoms with Crippen LogP contribution in [0.2, 0.25) is 0 Å². The van der Waals surface area contributed by atoms with Gasteiger partial charge in [0, 0.05) is 18.1 Å². The normalized spacial score (nSPS) is 11.0. The molecule has 0 spiro atoms. The Bertz CT molecular complexity index is 1220. The van der Waals surface area contributed by atoms with Gasteiger partial charge in [-0.2, -0.15) is 9.78 Å². The highest BCUT2D eigenvalue weighted by molar-refractivity contribution is 5.96. The minimum atomic E-state index is -0.541. The number of nitrogens with zero attached hydrogens (tertiary/aromatic N) is 3. The number of aromatic nitrogens is 3. The van der Waals surface area contributed by atoms with Crippen LogP contribution in [0, 0.1) is 13.8 Å². The molecule has 6 nitrogen and oxygen atoms in total. The number of hydrogen-bond donors (Lipinski definition) is 0. The van der Waals surface area contributed by atoms with Gasteiger partial charge in [0.25, 0.3) is 5.56 Å². The summed E-state index contributed by atoms with van der Waals surface area (Å²) in [6, 6.07) is 15.3. The van der Waals surface area contributed by atoms with Gasteiger partial charge in [0.1, 0.15) is 11.3 Å². The average Bonchev–Trinajstić information content (AvgIpc) is 3.03. The predicted octanol–water partition coefficient (Wildman–Crippen LogP) is 3.53. The summed E-state index contributed by atoms with van der Waals surface area (Å²) >= 11 is 0. The van der Waals surface area contributed by atoms with Gasteiger partial charge in [-0.3, -0.25) is 4.79 Å². The number of aryl methyl sites for hydroxylation is 2. The first-order valence-electron chi connectivity index (χ1n) is 8.85. The number of ether oxygens (including phenoxy) is 1. The van der Waals surface area contributed by atoms with Gasteiger partial charge in [0.2, 0.25) is 0 Å². The van der Waals surface area contributed by atoms with E-state index >= 15 is 0 Å². The molecule has 0 N–H and O–H groups in total. The predicted molar refractivity (Wildman–Crippen MR) is 107 cm³/mol. The second-order valence-electron chi connectivity index (χ2n) is 6.73. The molecule has 0 unspecified atom stereocenters. The number of hydrogen-bond acceptors (Lipinski definition) is 4. The van der Waals surface area contributed by atoms with Crippen molar-refractivity contribution in [3.8, 4) is 22.6 Å². The highest BCUT2D eigenvalue weighted by Crippen LogP contribution is 2.25. The van der Waals surface area contributed by atoms with Gasteiger partial charge in [-0.1, -0.05) is 24.3 Å². The lowest BCUT2D eigenvalue weighted by molar-refractivity contribution is 0.0600. The highest BCUT2D eigenvalue weighted by atomic mass is 16.5. The van der Waals surface area contributed by atoms with E-state index in [-0.39, 0.29) is 11.1 Å². The molecule has 0 radical (unpaired) electrons. The summed E-state index contributed by atoms with van der Waals surface area (Å²) in [6.07, 6.45) is 3.36. The van der Waals surface area contributed by atoms with Crippen LogP contribution in [0.1, 0.15) is 21.5 Å². The maximum absolute atomic E-state index is 13.1. The minimum absolute atomic E-state index is 0.241. The second kappa shape index (κ2) is 6.81. The molecule has 0 fully saturated rings. The maximum Gasteiger partial charge on any atom is 0.341 e. The van der Waals surface area contributed by atoms with E-state index in [1.165, 1.54) is 11.8 Å². The summed E-state index contributed by atoms with van der Waals surface area (Å²) in [7, 11) is 1.31. The summed E-state index contributed by atoms with van der Waals surface area (Å²) in [6.45, 7) is 3.93. The Balaban J connectivity index is 2.01. The zero-order valence-electron chi connectivity index (χ0n) is 15.8. The fraction of sp³-hybridized carbons (Fsp3) is 0.136. The van der Waals surface area contributed by atoms with Crippen LogP contribution < -0.4 is 5.56 Å². The van der Waals surface area contributed by atoms with E-state index in [1.54, 1.807) is 17.0 Å². The third-order valence-corrected chi connectivity index (χ3v) is 4.62. The van der Waals surface area contributed by atoms with Crippen molar-refractivity contribution >= 4 is 5.97 Å². The Morgan fingerprint density at radius 3 is 2.25 bits per heavy atom. The molecule has 4 rings (SSSR count). The number of benzene rings is 2. The van der Waals surface area contributed by atoms with E-state index in [0.717, 1.165) is 16.8 Å². The number of fused-ring (bicyclic) bond motifs is 1. The Kier molecular flexibility index (Phi) is 4.31. The zero-order valence-corrected chi connectivity index (χ0v) is 15.8. The minimum Gasteiger partial charge on any atom is -0.465 e.